The molecule has 0 fully saturated rings. The second-order valence-electron chi connectivity index (χ2n) is 4.22. The van der Waals surface area contributed by atoms with Crippen LogP contribution < -0.4 is 4.74 Å². The number of hydrogen-bond acceptors (Lipinski definition) is 2. The van der Waals surface area contributed by atoms with Gasteiger partial charge in [0.2, 0.25) is 0 Å². The molecule has 0 aliphatic heterocycles. The van der Waals surface area contributed by atoms with Crippen LogP contribution in [-0.4, -0.2) is 20.8 Å². The van der Waals surface area contributed by atoms with Gasteiger partial charge in [0.25, 0.3) is 0 Å². The van der Waals surface area contributed by atoms with Gasteiger partial charge < -0.3 is 8.53 Å². The first-order chi connectivity index (χ1) is 8.30. The van der Waals surface area contributed by atoms with Crippen LogP contribution in [0.15, 0.2) is 30.3 Å². The number of ether oxygens (including phenoxy) is 1. The van der Waals surface area contributed by atoms with E-state index in [1.807, 2.05) is 30.3 Å². The number of hydrogen-bond donors (Lipinski definition) is 0. The van der Waals surface area contributed by atoms with Crippen molar-refractivity contribution in [2.75, 3.05) is 0 Å². The third kappa shape index (κ3) is 5.59. The Labute approximate surface area is 110 Å². The van der Waals surface area contributed by atoms with Crippen molar-refractivity contribution < 1.29 is 8.53 Å². The van der Waals surface area contributed by atoms with Gasteiger partial charge in [-0.2, -0.15) is 0 Å². The highest BCUT2D eigenvalue weighted by atomic mass is 27.2. The lowest BCUT2D eigenvalue weighted by molar-refractivity contribution is -0.00418. The SMILES string of the molecule is CCCC(Oc1ccccc1)[O][Al]([CH2]C)[CH2]C. The van der Waals surface area contributed by atoms with E-state index < -0.39 is 14.5 Å². The van der Waals surface area contributed by atoms with E-state index in [0.29, 0.717) is 0 Å². The van der Waals surface area contributed by atoms with Crippen LogP contribution in [0.1, 0.15) is 33.6 Å². The van der Waals surface area contributed by atoms with Crippen molar-refractivity contribution in [2.45, 2.75) is 50.5 Å². The van der Waals surface area contributed by atoms with Gasteiger partial charge in [0.1, 0.15) is 5.75 Å². The fourth-order valence-corrected chi connectivity index (χ4v) is 3.32. The highest BCUT2D eigenvalue weighted by molar-refractivity contribution is 6.51. The summed E-state index contributed by atoms with van der Waals surface area (Å²) >= 11 is -1.05. The van der Waals surface area contributed by atoms with E-state index in [4.69, 9.17) is 8.53 Å². The molecule has 0 saturated heterocycles. The van der Waals surface area contributed by atoms with Crippen LogP contribution in [0.3, 0.4) is 0 Å². The predicted octanol–water partition coefficient (Wildman–Crippen LogP) is 4.24. The van der Waals surface area contributed by atoms with Crippen LogP contribution in [-0.2, 0) is 3.79 Å². The van der Waals surface area contributed by atoms with Crippen LogP contribution >= 0.6 is 0 Å². The first kappa shape index (κ1) is 14.6. The summed E-state index contributed by atoms with van der Waals surface area (Å²) in [5.41, 5.74) is 0. The maximum absolute atomic E-state index is 6.11. The second kappa shape index (κ2) is 8.58. The fourth-order valence-electron chi connectivity index (χ4n) is 1.74. The zero-order valence-electron chi connectivity index (χ0n) is 11.2. The highest BCUT2D eigenvalue weighted by Crippen LogP contribution is 2.16. The predicted molar refractivity (Wildman–Crippen MR) is 73.6 cm³/mol. The first-order valence-corrected chi connectivity index (χ1v) is 8.77. The summed E-state index contributed by atoms with van der Waals surface area (Å²) in [5.74, 6) is 0.908. The Kier molecular flexibility index (Phi) is 7.36. The summed E-state index contributed by atoms with van der Waals surface area (Å²) in [7, 11) is 0. The average Bonchev–Trinajstić information content (AvgIpc) is 2.37. The molecule has 0 heterocycles. The third-order valence-corrected chi connectivity index (χ3v) is 5.30. The standard InChI is InChI=1S/C10H13O2.2C2H5.Al/c1-2-6-10(11)12-9-7-4-3-5-8-9;2*1-2;/h3-5,7-8,10H,2,6H2,1H3;2*1H2,2H3;/q-1;;;+1. The average molecular weight is 250 g/mol. The van der Waals surface area contributed by atoms with Gasteiger partial charge in [-0.05, 0) is 12.1 Å². The van der Waals surface area contributed by atoms with E-state index in [9.17, 15) is 0 Å². The third-order valence-electron chi connectivity index (χ3n) is 2.79. The summed E-state index contributed by atoms with van der Waals surface area (Å²) < 4.78 is 12.0. The van der Waals surface area contributed by atoms with Crippen LogP contribution in [0.4, 0.5) is 0 Å². The van der Waals surface area contributed by atoms with Gasteiger partial charge in [0.05, 0.1) is 0 Å². The summed E-state index contributed by atoms with van der Waals surface area (Å²) in [5, 5.41) is 2.35. The Hall–Kier alpha value is -0.488. The summed E-state index contributed by atoms with van der Waals surface area (Å²) in [4.78, 5) is 0. The molecule has 0 aromatic heterocycles. The smallest absolute Gasteiger partial charge is 0.463 e. The first-order valence-electron chi connectivity index (χ1n) is 6.67. The molecular formula is C14H23AlO2. The zero-order chi connectivity index (χ0) is 12.5. The van der Waals surface area contributed by atoms with Crippen LogP contribution in [0.2, 0.25) is 10.6 Å². The summed E-state index contributed by atoms with van der Waals surface area (Å²) in [6, 6.07) is 9.96. The molecule has 1 aromatic carbocycles. The normalized spacial score (nSPS) is 12.2. The molecule has 1 rings (SSSR count). The molecule has 0 bridgehead atoms. The van der Waals surface area contributed by atoms with Gasteiger partial charge in [-0.15, -0.1) is 0 Å². The van der Waals surface area contributed by atoms with Gasteiger partial charge in [0, 0.05) is 6.42 Å². The summed E-state index contributed by atoms with van der Waals surface area (Å²) in [6.45, 7) is 6.59. The molecule has 0 saturated carbocycles. The molecule has 0 radical (unpaired) electrons. The van der Waals surface area contributed by atoms with Gasteiger partial charge in [-0.25, -0.2) is 0 Å². The molecule has 0 N–H and O–H groups in total. The monoisotopic (exact) mass is 250 g/mol. The van der Waals surface area contributed by atoms with Crippen molar-refractivity contribution in [3.05, 3.63) is 30.3 Å². The molecule has 0 amide bonds. The van der Waals surface area contributed by atoms with Crippen molar-refractivity contribution >= 4 is 14.5 Å². The van der Waals surface area contributed by atoms with E-state index in [-0.39, 0.29) is 6.29 Å². The van der Waals surface area contributed by atoms with Crippen LogP contribution in [0.25, 0.3) is 0 Å². The zero-order valence-corrected chi connectivity index (χ0v) is 12.3. The Bertz CT molecular complexity index is 286. The molecule has 1 atom stereocenters. The van der Waals surface area contributed by atoms with Gasteiger partial charge >= 0.3 is 14.5 Å². The molecule has 1 unspecified atom stereocenters. The van der Waals surface area contributed by atoms with Crippen molar-refractivity contribution in [1.29, 1.82) is 0 Å². The molecule has 17 heavy (non-hydrogen) atoms. The van der Waals surface area contributed by atoms with Crippen LogP contribution in [0.5, 0.6) is 5.75 Å². The van der Waals surface area contributed by atoms with E-state index in [2.05, 4.69) is 20.8 Å². The van der Waals surface area contributed by atoms with Crippen molar-refractivity contribution in [1.82, 2.24) is 0 Å². The maximum Gasteiger partial charge on any atom is 0.463 e. The summed E-state index contributed by atoms with van der Waals surface area (Å²) in [6.07, 6.45) is 2.00. The molecule has 0 aliphatic rings. The van der Waals surface area contributed by atoms with E-state index in [0.717, 1.165) is 18.6 Å². The molecule has 3 heteroatoms. The number of para-hydroxylation sites is 1. The van der Waals surface area contributed by atoms with Crippen molar-refractivity contribution in [3.8, 4) is 5.75 Å². The van der Waals surface area contributed by atoms with Gasteiger partial charge in [-0.3, -0.25) is 0 Å². The molecule has 0 spiro atoms. The fraction of sp³-hybridized carbons (Fsp3) is 0.571. The lowest BCUT2D eigenvalue weighted by atomic mass is 10.3. The van der Waals surface area contributed by atoms with Gasteiger partial charge in [0.15, 0.2) is 6.29 Å². The van der Waals surface area contributed by atoms with Crippen molar-refractivity contribution in [3.63, 3.8) is 0 Å². The number of rotatable bonds is 8. The number of benzene rings is 1. The second-order valence-corrected chi connectivity index (χ2v) is 7.37. The Morgan fingerprint density at radius 3 is 2.24 bits per heavy atom. The Morgan fingerprint density at radius 2 is 1.71 bits per heavy atom. The minimum Gasteiger partial charge on any atom is -0.469 e. The van der Waals surface area contributed by atoms with E-state index in [1.165, 1.54) is 10.6 Å². The van der Waals surface area contributed by atoms with Crippen LogP contribution in [0, 0.1) is 0 Å². The Morgan fingerprint density at radius 1 is 1.06 bits per heavy atom. The topological polar surface area (TPSA) is 18.5 Å². The minimum absolute atomic E-state index is 0.0565. The molecular weight excluding hydrogens is 227 g/mol. The van der Waals surface area contributed by atoms with E-state index in [1.54, 1.807) is 0 Å². The molecule has 0 aliphatic carbocycles. The van der Waals surface area contributed by atoms with Crippen molar-refractivity contribution in [2.24, 2.45) is 0 Å². The molecule has 94 valence electrons. The quantitative estimate of drug-likeness (QED) is 0.507. The maximum atomic E-state index is 6.11. The molecule has 1 aromatic rings. The lowest BCUT2D eigenvalue weighted by Gasteiger charge is -2.23. The van der Waals surface area contributed by atoms with Gasteiger partial charge in [-0.1, -0.05) is 56.0 Å². The lowest BCUT2D eigenvalue weighted by Crippen LogP contribution is -2.29. The minimum atomic E-state index is -1.05. The highest BCUT2D eigenvalue weighted by Gasteiger charge is 2.21. The Balaban J connectivity index is 2.53. The largest absolute Gasteiger partial charge is 0.469 e. The van der Waals surface area contributed by atoms with E-state index >= 15 is 0 Å². The molecule has 2 nitrogen and oxygen atoms in total.